The number of carbonyl (C=O) groups excluding carboxylic acids is 1. The highest BCUT2D eigenvalue weighted by Crippen LogP contribution is 2.24. The van der Waals surface area contributed by atoms with Gasteiger partial charge >= 0.3 is 0 Å². The molecule has 0 saturated carbocycles. The van der Waals surface area contributed by atoms with Crippen molar-refractivity contribution in [2.45, 2.75) is 11.3 Å². The van der Waals surface area contributed by atoms with Crippen LogP contribution in [0.5, 0.6) is 0 Å². The number of sulfonamides is 1. The van der Waals surface area contributed by atoms with Gasteiger partial charge in [-0.3, -0.25) is 4.79 Å². The molecule has 0 radical (unpaired) electrons. The topological polar surface area (TPSA) is 86.4 Å². The molecule has 0 unspecified atom stereocenters. The van der Waals surface area contributed by atoms with E-state index in [2.05, 4.69) is 9.97 Å². The fourth-order valence-electron chi connectivity index (χ4n) is 3.40. The Morgan fingerprint density at radius 1 is 1.03 bits per heavy atom. The standard InChI is InChI=1S/C19H16F4N4O3S/c20-12-2-4-16(13(21)10-12)31(29,30)27-7-5-26(6-8-27)19(28)11-1-3-14-15(9-11)25-18(24-14)17(22)23/h1-4,9-10,17H,5-8H2,(H,24,25). The summed E-state index contributed by atoms with van der Waals surface area (Å²) in [7, 11) is -4.19. The number of hydrogen-bond donors (Lipinski definition) is 1. The SMILES string of the molecule is O=C(c1ccc2nc(C(F)F)[nH]c2c1)N1CCN(S(=O)(=O)c2ccc(F)cc2F)CC1. The number of benzene rings is 2. The average molecular weight is 456 g/mol. The Balaban J connectivity index is 1.48. The van der Waals surface area contributed by atoms with Crippen LogP contribution in [0.1, 0.15) is 22.6 Å². The van der Waals surface area contributed by atoms with E-state index in [-0.39, 0.29) is 37.3 Å². The number of H-pyrrole nitrogens is 1. The van der Waals surface area contributed by atoms with Gasteiger partial charge in [0.05, 0.1) is 11.0 Å². The quantitative estimate of drug-likeness (QED) is 0.612. The average Bonchev–Trinajstić information content (AvgIpc) is 3.17. The lowest BCUT2D eigenvalue weighted by atomic mass is 10.1. The first-order chi connectivity index (χ1) is 14.7. The van der Waals surface area contributed by atoms with Crippen LogP contribution in [-0.2, 0) is 10.0 Å². The van der Waals surface area contributed by atoms with Crippen molar-refractivity contribution in [2.75, 3.05) is 26.2 Å². The van der Waals surface area contributed by atoms with Crippen LogP contribution < -0.4 is 0 Å². The third-order valence-electron chi connectivity index (χ3n) is 4.99. The molecule has 3 aromatic rings. The number of imidazole rings is 1. The first-order valence-corrected chi connectivity index (χ1v) is 10.6. The molecule has 7 nitrogen and oxygen atoms in total. The summed E-state index contributed by atoms with van der Waals surface area (Å²) in [5.74, 6) is -2.97. The Hall–Kier alpha value is -2.99. The number of hydrogen-bond acceptors (Lipinski definition) is 4. The molecule has 0 atom stereocenters. The number of aromatic nitrogens is 2. The summed E-state index contributed by atoms with van der Waals surface area (Å²) < 4.78 is 78.9. The molecule has 0 aliphatic carbocycles. The van der Waals surface area contributed by atoms with Crippen molar-refractivity contribution in [3.63, 3.8) is 0 Å². The fourth-order valence-corrected chi connectivity index (χ4v) is 4.87. The van der Waals surface area contributed by atoms with Crippen molar-refractivity contribution < 1.29 is 30.8 Å². The third-order valence-corrected chi connectivity index (χ3v) is 6.92. The number of fused-ring (bicyclic) bond motifs is 1. The summed E-state index contributed by atoms with van der Waals surface area (Å²) >= 11 is 0. The Bertz CT molecular complexity index is 1250. The van der Waals surface area contributed by atoms with E-state index in [0.29, 0.717) is 11.6 Å². The Kier molecular flexibility index (Phi) is 5.43. The van der Waals surface area contributed by atoms with Gasteiger partial charge in [-0.25, -0.2) is 31.0 Å². The number of amides is 1. The van der Waals surface area contributed by atoms with Crippen LogP contribution in [-0.4, -0.2) is 59.7 Å². The Labute approximate surface area is 174 Å². The number of nitrogens with zero attached hydrogens (tertiary/aromatic N) is 3. The number of alkyl halides is 2. The molecule has 0 spiro atoms. The van der Waals surface area contributed by atoms with Gasteiger partial charge in [-0.15, -0.1) is 0 Å². The molecule has 31 heavy (non-hydrogen) atoms. The molecule has 12 heteroatoms. The number of nitrogens with one attached hydrogen (secondary N) is 1. The molecule has 164 valence electrons. The van der Waals surface area contributed by atoms with Crippen molar-refractivity contribution in [1.82, 2.24) is 19.2 Å². The van der Waals surface area contributed by atoms with Crippen LogP contribution in [0.25, 0.3) is 11.0 Å². The van der Waals surface area contributed by atoms with E-state index in [0.717, 1.165) is 16.4 Å². The van der Waals surface area contributed by atoms with E-state index in [4.69, 9.17) is 0 Å². The zero-order chi connectivity index (χ0) is 22.3. The first kappa shape index (κ1) is 21.2. The maximum Gasteiger partial charge on any atom is 0.295 e. The Morgan fingerprint density at radius 2 is 1.74 bits per heavy atom. The summed E-state index contributed by atoms with van der Waals surface area (Å²) in [6, 6.07) is 6.54. The normalized spacial score (nSPS) is 15.7. The van der Waals surface area contributed by atoms with Gasteiger partial charge in [-0.2, -0.15) is 4.31 Å². The predicted octanol–water partition coefficient (Wildman–Crippen LogP) is 2.93. The smallest absolute Gasteiger partial charge is 0.295 e. The molecule has 2 aromatic carbocycles. The minimum atomic E-state index is -4.19. The van der Waals surface area contributed by atoms with E-state index < -0.39 is 44.7 Å². The maximum absolute atomic E-state index is 13.9. The molecule has 1 N–H and O–H groups in total. The number of rotatable bonds is 4. The van der Waals surface area contributed by atoms with Crippen molar-refractivity contribution >= 4 is 27.0 Å². The van der Waals surface area contributed by atoms with Gasteiger partial charge in [0, 0.05) is 37.8 Å². The molecule has 4 rings (SSSR count). The molecular formula is C19H16F4N4O3S. The zero-order valence-electron chi connectivity index (χ0n) is 15.9. The largest absolute Gasteiger partial charge is 0.337 e. The maximum atomic E-state index is 13.9. The second-order valence-corrected chi connectivity index (χ2v) is 8.83. The second kappa shape index (κ2) is 7.93. The van der Waals surface area contributed by atoms with Gasteiger partial charge < -0.3 is 9.88 Å². The number of halogens is 4. The lowest BCUT2D eigenvalue weighted by molar-refractivity contribution is 0.0698. The van der Waals surface area contributed by atoms with Crippen molar-refractivity contribution in [3.8, 4) is 0 Å². The minimum Gasteiger partial charge on any atom is -0.337 e. The first-order valence-electron chi connectivity index (χ1n) is 9.19. The molecule has 0 bridgehead atoms. The Morgan fingerprint density at radius 3 is 2.39 bits per heavy atom. The van der Waals surface area contributed by atoms with Crippen LogP contribution in [0.3, 0.4) is 0 Å². The van der Waals surface area contributed by atoms with Gasteiger partial charge in [0.25, 0.3) is 12.3 Å². The fraction of sp³-hybridized carbons (Fsp3) is 0.263. The van der Waals surface area contributed by atoms with Crippen LogP contribution in [0.15, 0.2) is 41.3 Å². The van der Waals surface area contributed by atoms with E-state index in [1.54, 1.807) is 0 Å². The van der Waals surface area contributed by atoms with Crippen LogP contribution in [0.4, 0.5) is 17.6 Å². The monoisotopic (exact) mass is 456 g/mol. The molecule has 1 fully saturated rings. The number of carbonyl (C=O) groups is 1. The molecule has 2 heterocycles. The lowest BCUT2D eigenvalue weighted by Gasteiger charge is -2.34. The van der Waals surface area contributed by atoms with Gasteiger partial charge in [-0.1, -0.05) is 0 Å². The summed E-state index contributed by atoms with van der Waals surface area (Å²) in [6.07, 6.45) is -2.77. The van der Waals surface area contributed by atoms with Gasteiger partial charge in [0.15, 0.2) is 5.82 Å². The van der Waals surface area contributed by atoms with Gasteiger partial charge in [-0.05, 0) is 30.3 Å². The summed E-state index contributed by atoms with van der Waals surface area (Å²) in [4.78, 5) is 19.8. The van der Waals surface area contributed by atoms with E-state index >= 15 is 0 Å². The van der Waals surface area contributed by atoms with Crippen molar-refractivity contribution in [3.05, 3.63) is 59.4 Å². The highest BCUT2D eigenvalue weighted by atomic mass is 32.2. The van der Waals surface area contributed by atoms with E-state index in [1.165, 1.54) is 23.1 Å². The molecule has 1 aromatic heterocycles. The van der Waals surface area contributed by atoms with Crippen molar-refractivity contribution in [2.24, 2.45) is 0 Å². The van der Waals surface area contributed by atoms with Crippen LogP contribution in [0.2, 0.25) is 0 Å². The molecule has 1 aliphatic heterocycles. The van der Waals surface area contributed by atoms with Crippen molar-refractivity contribution in [1.29, 1.82) is 0 Å². The molecule has 1 saturated heterocycles. The summed E-state index contributed by atoms with van der Waals surface area (Å²) in [5.41, 5.74) is 0.816. The van der Waals surface area contributed by atoms with Gasteiger partial charge in [0.2, 0.25) is 10.0 Å². The van der Waals surface area contributed by atoms with Gasteiger partial charge in [0.1, 0.15) is 16.5 Å². The third kappa shape index (κ3) is 4.00. The number of piperazine rings is 1. The summed E-state index contributed by atoms with van der Waals surface area (Å²) in [5, 5.41) is 0. The van der Waals surface area contributed by atoms with E-state index in [9.17, 15) is 30.8 Å². The number of aromatic amines is 1. The van der Waals surface area contributed by atoms with E-state index in [1.807, 2.05) is 0 Å². The lowest BCUT2D eigenvalue weighted by Crippen LogP contribution is -2.50. The van der Waals surface area contributed by atoms with Crippen LogP contribution in [0, 0.1) is 11.6 Å². The molecule has 1 amide bonds. The minimum absolute atomic E-state index is 0.0458. The predicted molar refractivity (Wildman–Crippen MR) is 102 cm³/mol. The summed E-state index contributed by atoms with van der Waals surface area (Å²) in [6.45, 7) is -0.0617. The second-order valence-electron chi connectivity index (χ2n) is 6.93. The molecule has 1 aliphatic rings. The van der Waals surface area contributed by atoms with Crippen LogP contribution >= 0.6 is 0 Å². The molecular weight excluding hydrogens is 440 g/mol. The highest BCUT2D eigenvalue weighted by Gasteiger charge is 2.32. The zero-order valence-corrected chi connectivity index (χ0v) is 16.7. The highest BCUT2D eigenvalue weighted by molar-refractivity contribution is 7.89.